The van der Waals surface area contributed by atoms with E-state index < -0.39 is 10.0 Å². The summed E-state index contributed by atoms with van der Waals surface area (Å²) in [6.07, 6.45) is 3.30. The molecule has 4 rings (SSSR count). The number of sulfonamides is 1. The molecule has 1 aliphatic heterocycles. The molecule has 3 heterocycles. The Morgan fingerprint density at radius 2 is 1.87 bits per heavy atom. The van der Waals surface area contributed by atoms with Crippen LogP contribution in [0.15, 0.2) is 64.4 Å². The topological polar surface area (TPSA) is 109 Å². The highest BCUT2D eigenvalue weighted by Crippen LogP contribution is 2.13. The van der Waals surface area contributed by atoms with Crippen molar-refractivity contribution >= 4 is 16.0 Å². The van der Waals surface area contributed by atoms with Gasteiger partial charge in [0.1, 0.15) is 12.0 Å². The lowest BCUT2D eigenvalue weighted by molar-refractivity contribution is 0.259. The van der Waals surface area contributed by atoms with E-state index in [1.165, 1.54) is 10.6 Å². The molecule has 0 atom stereocenters. The van der Waals surface area contributed by atoms with Gasteiger partial charge < -0.3 is 14.7 Å². The molecule has 1 aromatic carbocycles. The second kappa shape index (κ2) is 9.31. The Kier molecular flexibility index (Phi) is 6.33. The average Bonchev–Trinajstić information content (AvgIpc) is 3.47. The normalized spacial score (nSPS) is 15.9. The number of hydrogen-bond donors (Lipinski definition) is 1. The molecule has 0 spiro atoms. The minimum absolute atomic E-state index is 0.152. The zero-order valence-corrected chi connectivity index (χ0v) is 18.1. The number of nitrogens with zero attached hydrogens (tertiary/aromatic N) is 6. The van der Waals surface area contributed by atoms with Crippen LogP contribution in [0.4, 0.5) is 0 Å². The molecule has 11 heteroatoms. The molecule has 10 nitrogen and oxygen atoms in total. The molecule has 1 fully saturated rings. The number of benzene rings is 1. The van der Waals surface area contributed by atoms with Gasteiger partial charge in [0, 0.05) is 45.5 Å². The first kappa shape index (κ1) is 21.1. The monoisotopic (exact) mass is 443 g/mol. The highest BCUT2D eigenvalue weighted by Gasteiger charge is 2.29. The molecular weight excluding hydrogens is 418 g/mol. The maximum atomic E-state index is 12.6. The smallest absolute Gasteiger partial charge is 0.220 e. The lowest BCUT2D eigenvalue weighted by atomic mass is 10.3. The zero-order chi connectivity index (χ0) is 21.7. The fourth-order valence-corrected chi connectivity index (χ4v) is 4.88. The van der Waals surface area contributed by atoms with Crippen molar-refractivity contribution in [2.45, 2.75) is 12.3 Å². The summed E-state index contributed by atoms with van der Waals surface area (Å²) in [4.78, 5) is 6.40. The fraction of sp³-hybridized carbons (Fsp3) is 0.350. The second-order valence-corrected chi connectivity index (χ2v) is 9.09. The molecule has 0 amide bonds. The van der Waals surface area contributed by atoms with Gasteiger partial charge in [-0.05, 0) is 18.2 Å². The van der Waals surface area contributed by atoms with E-state index in [9.17, 15) is 8.42 Å². The van der Waals surface area contributed by atoms with Gasteiger partial charge in [-0.1, -0.05) is 23.4 Å². The van der Waals surface area contributed by atoms with Crippen LogP contribution < -0.4 is 5.32 Å². The highest BCUT2D eigenvalue weighted by atomic mass is 32.2. The number of piperazine rings is 1. The van der Waals surface area contributed by atoms with E-state index in [-0.39, 0.29) is 5.75 Å². The molecule has 0 unspecified atom stereocenters. The van der Waals surface area contributed by atoms with Crippen LogP contribution in [0.2, 0.25) is 0 Å². The van der Waals surface area contributed by atoms with Crippen LogP contribution in [0.3, 0.4) is 0 Å². The Morgan fingerprint density at radius 3 is 2.55 bits per heavy atom. The summed E-state index contributed by atoms with van der Waals surface area (Å²) in [5, 5.41) is 11.6. The molecule has 1 saturated heterocycles. The summed E-state index contributed by atoms with van der Waals surface area (Å²) in [7, 11) is -1.71. The SMILES string of the molecule is CN=C(NCc1ccn(-c2ccccc2)n1)N1CCN(S(=O)(=O)Cc2ccon2)CC1. The molecule has 2 aromatic heterocycles. The van der Waals surface area contributed by atoms with E-state index >= 15 is 0 Å². The van der Waals surface area contributed by atoms with Crippen molar-refractivity contribution in [2.24, 2.45) is 4.99 Å². The van der Waals surface area contributed by atoms with E-state index in [2.05, 4.69) is 25.5 Å². The zero-order valence-electron chi connectivity index (χ0n) is 17.3. The van der Waals surface area contributed by atoms with E-state index in [1.54, 1.807) is 13.1 Å². The van der Waals surface area contributed by atoms with E-state index in [1.807, 2.05) is 47.3 Å². The van der Waals surface area contributed by atoms with Gasteiger partial charge in [0.15, 0.2) is 5.96 Å². The molecule has 164 valence electrons. The number of hydrogen-bond acceptors (Lipinski definition) is 6. The largest absolute Gasteiger partial charge is 0.364 e. The Labute approximate surface area is 181 Å². The minimum atomic E-state index is -3.43. The lowest BCUT2D eigenvalue weighted by Gasteiger charge is -2.35. The van der Waals surface area contributed by atoms with Crippen molar-refractivity contribution in [3.05, 3.63) is 66.3 Å². The van der Waals surface area contributed by atoms with Gasteiger partial charge in [0.2, 0.25) is 10.0 Å². The van der Waals surface area contributed by atoms with Crippen molar-refractivity contribution < 1.29 is 12.9 Å². The van der Waals surface area contributed by atoms with Crippen molar-refractivity contribution in [2.75, 3.05) is 33.2 Å². The molecular formula is C20H25N7O3S. The third-order valence-electron chi connectivity index (χ3n) is 5.06. The van der Waals surface area contributed by atoms with Crippen LogP contribution in [0.25, 0.3) is 5.69 Å². The quantitative estimate of drug-likeness (QED) is 0.449. The summed E-state index contributed by atoms with van der Waals surface area (Å²) in [6, 6.07) is 13.4. The van der Waals surface area contributed by atoms with E-state index in [0.29, 0.717) is 38.4 Å². The van der Waals surface area contributed by atoms with Crippen LogP contribution >= 0.6 is 0 Å². The van der Waals surface area contributed by atoms with E-state index in [4.69, 9.17) is 4.52 Å². The van der Waals surface area contributed by atoms with Crippen LogP contribution in [-0.4, -0.2) is 71.7 Å². The van der Waals surface area contributed by atoms with Crippen molar-refractivity contribution in [3.63, 3.8) is 0 Å². The molecule has 1 aliphatic rings. The van der Waals surface area contributed by atoms with Gasteiger partial charge in [-0.15, -0.1) is 0 Å². The Hall–Kier alpha value is -3.18. The number of guanidine groups is 1. The van der Waals surface area contributed by atoms with Gasteiger partial charge in [-0.2, -0.15) is 9.40 Å². The minimum Gasteiger partial charge on any atom is -0.364 e. The predicted molar refractivity (Wildman–Crippen MR) is 116 cm³/mol. The van der Waals surface area contributed by atoms with Crippen LogP contribution in [-0.2, 0) is 22.3 Å². The first-order chi connectivity index (χ1) is 15.0. The number of aromatic nitrogens is 3. The van der Waals surface area contributed by atoms with Gasteiger partial charge in [0.25, 0.3) is 0 Å². The van der Waals surface area contributed by atoms with Crippen LogP contribution in [0, 0.1) is 0 Å². The van der Waals surface area contributed by atoms with Crippen LogP contribution in [0.5, 0.6) is 0 Å². The molecule has 0 saturated carbocycles. The summed E-state index contributed by atoms with van der Waals surface area (Å²) in [5.74, 6) is 0.573. The summed E-state index contributed by atoms with van der Waals surface area (Å²) in [6.45, 7) is 2.41. The molecule has 1 N–H and O–H groups in total. The third kappa shape index (κ3) is 5.12. The first-order valence-electron chi connectivity index (χ1n) is 9.98. The summed E-state index contributed by atoms with van der Waals surface area (Å²) in [5.41, 5.74) is 2.30. The second-order valence-electron chi connectivity index (χ2n) is 7.12. The molecule has 31 heavy (non-hydrogen) atoms. The van der Waals surface area contributed by atoms with Gasteiger partial charge >= 0.3 is 0 Å². The number of para-hydroxylation sites is 1. The maximum absolute atomic E-state index is 12.6. The molecule has 0 radical (unpaired) electrons. The van der Waals surface area contributed by atoms with Crippen molar-refractivity contribution in [3.8, 4) is 5.69 Å². The first-order valence-corrected chi connectivity index (χ1v) is 11.6. The molecule has 3 aromatic rings. The lowest BCUT2D eigenvalue weighted by Crippen LogP contribution is -2.53. The van der Waals surface area contributed by atoms with Crippen LogP contribution in [0.1, 0.15) is 11.4 Å². The number of rotatable bonds is 6. The Bertz CT molecular complexity index is 1100. The fourth-order valence-electron chi connectivity index (χ4n) is 3.45. The number of nitrogens with one attached hydrogen (secondary N) is 1. The van der Waals surface area contributed by atoms with Crippen molar-refractivity contribution in [1.29, 1.82) is 0 Å². The maximum Gasteiger partial charge on any atom is 0.220 e. The third-order valence-corrected chi connectivity index (χ3v) is 6.87. The van der Waals surface area contributed by atoms with Gasteiger partial charge in [0.05, 0.1) is 23.6 Å². The summed E-state index contributed by atoms with van der Waals surface area (Å²) < 4.78 is 33.3. The average molecular weight is 444 g/mol. The van der Waals surface area contributed by atoms with Gasteiger partial charge in [-0.25, -0.2) is 13.1 Å². The highest BCUT2D eigenvalue weighted by molar-refractivity contribution is 7.88. The number of aliphatic imine (C=N–C) groups is 1. The van der Waals surface area contributed by atoms with Crippen molar-refractivity contribution in [1.82, 2.24) is 29.5 Å². The van der Waals surface area contributed by atoms with Gasteiger partial charge in [-0.3, -0.25) is 4.99 Å². The molecule has 0 aliphatic carbocycles. The van der Waals surface area contributed by atoms with E-state index in [0.717, 1.165) is 17.3 Å². The predicted octanol–water partition coefficient (Wildman–Crippen LogP) is 1.08. The molecule has 0 bridgehead atoms. The standard InChI is InChI=1S/C20H25N7O3S/c1-21-20(22-15-17-7-9-27(23-17)19-5-3-2-4-6-19)25-10-12-26(13-11-25)31(28,29)16-18-8-14-30-24-18/h2-9,14H,10-13,15-16H2,1H3,(H,21,22). The summed E-state index contributed by atoms with van der Waals surface area (Å²) >= 11 is 0. The Morgan fingerprint density at radius 1 is 1.10 bits per heavy atom. The Balaban J connectivity index is 1.30.